The first-order chi connectivity index (χ1) is 8.79. The summed E-state index contributed by atoms with van der Waals surface area (Å²) in [7, 11) is 0. The van der Waals surface area contributed by atoms with Crippen LogP contribution >= 0.6 is 0 Å². The Morgan fingerprint density at radius 3 is 3.00 bits per heavy atom. The van der Waals surface area contributed by atoms with Gasteiger partial charge < -0.3 is 10.1 Å². The second-order valence-electron chi connectivity index (χ2n) is 5.18. The summed E-state index contributed by atoms with van der Waals surface area (Å²) in [5.74, 6) is 0.690. The first-order valence-corrected chi connectivity index (χ1v) is 7.10. The van der Waals surface area contributed by atoms with E-state index in [1.54, 1.807) is 0 Å². The van der Waals surface area contributed by atoms with Gasteiger partial charge in [0.2, 0.25) is 0 Å². The summed E-state index contributed by atoms with van der Waals surface area (Å²) in [6.07, 6.45) is 7.43. The molecule has 1 aromatic heterocycles. The van der Waals surface area contributed by atoms with Gasteiger partial charge in [-0.2, -0.15) is 0 Å². The highest BCUT2D eigenvalue weighted by molar-refractivity contribution is 5.42. The standard InChI is InChI=1S/C15H24N2O/c1-3-16-13-8-9-17-14(10-13)11-18-15-7-5-4-6-12(15)2/h8-10,12,15H,3-7,11H2,1-2H3,(H,16,17). The maximum atomic E-state index is 6.02. The van der Waals surface area contributed by atoms with E-state index in [-0.39, 0.29) is 0 Å². The average Bonchev–Trinajstić information content (AvgIpc) is 2.39. The van der Waals surface area contributed by atoms with Crippen molar-refractivity contribution in [1.29, 1.82) is 0 Å². The van der Waals surface area contributed by atoms with Gasteiger partial charge in [-0.1, -0.05) is 19.8 Å². The van der Waals surface area contributed by atoms with Gasteiger partial charge in [-0.25, -0.2) is 0 Å². The lowest BCUT2D eigenvalue weighted by molar-refractivity contribution is -0.0167. The van der Waals surface area contributed by atoms with Crippen molar-refractivity contribution in [2.24, 2.45) is 5.92 Å². The molecule has 1 aliphatic rings. The van der Waals surface area contributed by atoms with Crippen molar-refractivity contribution < 1.29 is 4.74 Å². The van der Waals surface area contributed by atoms with Gasteiger partial charge in [0.1, 0.15) is 0 Å². The van der Waals surface area contributed by atoms with E-state index in [0.717, 1.165) is 17.9 Å². The van der Waals surface area contributed by atoms with E-state index < -0.39 is 0 Å². The molecule has 18 heavy (non-hydrogen) atoms. The number of rotatable bonds is 5. The van der Waals surface area contributed by atoms with Gasteiger partial charge in [-0.15, -0.1) is 0 Å². The predicted molar refractivity (Wildman–Crippen MR) is 74.6 cm³/mol. The molecule has 2 unspecified atom stereocenters. The van der Waals surface area contributed by atoms with Crippen LogP contribution in [0.25, 0.3) is 0 Å². The van der Waals surface area contributed by atoms with Crippen LogP contribution in [0.2, 0.25) is 0 Å². The third-order valence-electron chi connectivity index (χ3n) is 3.68. The fraction of sp³-hybridized carbons (Fsp3) is 0.667. The maximum Gasteiger partial charge on any atom is 0.0892 e. The summed E-state index contributed by atoms with van der Waals surface area (Å²) in [6, 6.07) is 4.08. The zero-order chi connectivity index (χ0) is 12.8. The summed E-state index contributed by atoms with van der Waals surface area (Å²) < 4.78 is 6.02. The van der Waals surface area contributed by atoms with Crippen LogP contribution in [0.15, 0.2) is 18.3 Å². The second-order valence-corrected chi connectivity index (χ2v) is 5.18. The fourth-order valence-corrected chi connectivity index (χ4v) is 2.59. The molecule has 0 saturated heterocycles. The predicted octanol–water partition coefficient (Wildman–Crippen LogP) is 3.61. The van der Waals surface area contributed by atoms with Crippen LogP contribution in [-0.4, -0.2) is 17.6 Å². The van der Waals surface area contributed by atoms with Crippen LogP contribution in [0, 0.1) is 5.92 Å². The Bertz CT molecular complexity index is 367. The number of nitrogens with zero attached hydrogens (tertiary/aromatic N) is 1. The summed E-state index contributed by atoms with van der Waals surface area (Å²) in [5, 5.41) is 3.30. The number of hydrogen-bond donors (Lipinski definition) is 1. The van der Waals surface area contributed by atoms with Crippen molar-refractivity contribution in [3.05, 3.63) is 24.0 Å². The third-order valence-corrected chi connectivity index (χ3v) is 3.68. The van der Waals surface area contributed by atoms with Crippen molar-refractivity contribution in [3.63, 3.8) is 0 Å². The quantitative estimate of drug-likeness (QED) is 0.864. The van der Waals surface area contributed by atoms with Gasteiger partial charge in [-0.3, -0.25) is 4.98 Å². The largest absolute Gasteiger partial charge is 0.385 e. The van der Waals surface area contributed by atoms with Crippen LogP contribution in [-0.2, 0) is 11.3 Å². The van der Waals surface area contributed by atoms with Crippen molar-refractivity contribution >= 4 is 5.69 Å². The number of aromatic nitrogens is 1. The van der Waals surface area contributed by atoms with Crippen LogP contribution in [0.5, 0.6) is 0 Å². The van der Waals surface area contributed by atoms with E-state index in [0.29, 0.717) is 18.6 Å². The highest BCUT2D eigenvalue weighted by atomic mass is 16.5. The Kier molecular flexibility index (Phi) is 5.00. The topological polar surface area (TPSA) is 34.2 Å². The fourth-order valence-electron chi connectivity index (χ4n) is 2.59. The molecule has 2 rings (SSSR count). The number of ether oxygens (including phenoxy) is 1. The number of anilines is 1. The first-order valence-electron chi connectivity index (χ1n) is 7.10. The lowest BCUT2D eigenvalue weighted by Gasteiger charge is -2.28. The molecular weight excluding hydrogens is 224 g/mol. The third kappa shape index (κ3) is 3.70. The normalized spacial score (nSPS) is 23.9. The van der Waals surface area contributed by atoms with E-state index in [9.17, 15) is 0 Å². The van der Waals surface area contributed by atoms with Gasteiger partial charge in [0, 0.05) is 18.4 Å². The molecule has 2 atom stereocenters. The smallest absolute Gasteiger partial charge is 0.0892 e. The van der Waals surface area contributed by atoms with E-state index >= 15 is 0 Å². The molecule has 1 aromatic rings. The average molecular weight is 248 g/mol. The van der Waals surface area contributed by atoms with Crippen molar-refractivity contribution in [2.45, 2.75) is 52.2 Å². The molecule has 1 aliphatic carbocycles. The minimum Gasteiger partial charge on any atom is -0.385 e. The minimum atomic E-state index is 0.420. The van der Waals surface area contributed by atoms with E-state index in [2.05, 4.69) is 30.2 Å². The monoisotopic (exact) mass is 248 g/mol. The summed E-state index contributed by atoms with van der Waals surface area (Å²) in [5.41, 5.74) is 2.15. The Hall–Kier alpha value is -1.09. The van der Waals surface area contributed by atoms with Gasteiger partial charge >= 0.3 is 0 Å². The van der Waals surface area contributed by atoms with Crippen molar-refractivity contribution in [2.75, 3.05) is 11.9 Å². The Morgan fingerprint density at radius 1 is 1.39 bits per heavy atom. The van der Waals surface area contributed by atoms with Crippen molar-refractivity contribution in [1.82, 2.24) is 4.98 Å². The molecule has 0 aromatic carbocycles. The summed E-state index contributed by atoms with van der Waals surface area (Å²) >= 11 is 0. The Labute approximate surface area is 110 Å². The molecule has 0 bridgehead atoms. The number of pyridine rings is 1. The molecule has 1 fully saturated rings. The van der Waals surface area contributed by atoms with E-state index in [4.69, 9.17) is 4.74 Å². The molecule has 1 N–H and O–H groups in total. The maximum absolute atomic E-state index is 6.02. The molecule has 1 saturated carbocycles. The van der Waals surface area contributed by atoms with E-state index in [1.807, 2.05) is 12.3 Å². The molecular formula is C15H24N2O. The molecule has 1 heterocycles. The molecule has 0 radical (unpaired) electrons. The SMILES string of the molecule is CCNc1ccnc(COC2CCCCC2C)c1. The number of nitrogens with one attached hydrogen (secondary N) is 1. The van der Waals surface area contributed by atoms with Gasteiger partial charge in [-0.05, 0) is 37.8 Å². The Morgan fingerprint density at radius 2 is 2.22 bits per heavy atom. The Balaban J connectivity index is 1.87. The van der Waals surface area contributed by atoms with Crippen LogP contribution in [0.3, 0.4) is 0 Å². The summed E-state index contributed by atoms with van der Waals surface area (Å²) in [4.78, 5) is 4.37. The van der Waals surface area contributed by atoms with Crippen molar-refractivity contribution in [3.8, 4) is 0 Å². The zero-order valence-electron chi connectivity index (χ0n) is 11.5. The highest BCUT2D eigenvalue weighted by Gasteiger charge is 2.21. The lowest BCUT2D eigenvalue weighted by Crippen LogP contribution is -2.25. The van der Waals surface area contributed by atoms with Crippen LogP contribution in [0.1, 0.15) is 45.2 Å². The van der Waals surface area contributed by atoms with Gasteiger partial charge in [0.15, 0.2) is 0 Å². The molecule has 0 spiro atoms. The molecule has 3 nitrogen and oxygen atoms in total. The molecule has 3 heteroatoms. The minimum absolute atomic E-state index is 0.420. The van der Waals surface area contributed by atoms with Gasteiger partial charge in [0.25, 0.3) is 0 Å². The second kappa shape index (κ2) is 6.74. The van der Waals surface area contributed by atoms with Gasteiger partial charge in [0.05, 0.1) is 18.4 Å². The van der Waals surface area contributed by atoms with Crippen LogP contribution in [0.4, 0.5) is 5.69 Å². The van der Waals surface area contributed by atoms with E-state index in [1.165, 1.54) is 25.7 Å². The zero-order valence-corrected chi connectivity index (χ0v) is 11.5. The first kappa shape index (κ1) is 13.3. The lowest BCUT2D eigenvalue weighted by atomic mass is 9.88. The summed E-state index contributed by atoms with van der Waals surface area (Å²) in [6.45, 7) is 5.96. The molecule has 0 amide bonds. The number of hydrogen-bond acceptors (Lipinski definition) is 3. The molecule has 0 aliphatic heterocycles. The highest BCUT2D eigenvalue weighted by Crippen LogP contribution is 2.27. The molecule has 100 valence electrons. The van der Waals surface area contributed by atoms with Crippen LogP contribution < -0.4 is 5.32 Å².